The van der Waals surface area contributed by atoms with Crippen LogP contribution in [0.3, 0.4) is 0 Å². The van der Waals surface area contributed by atoms with Gasteiger partial charge in [0.1, 0.15) is 0 Å². The molecule has 0 saturated heterocycles. The normalized spacial score (nSPS) is 13.4. The van der Waals surface area contributed by atoms with E-state index in [4.69, 9.17) is 0 Å². The molecule has 2 heterocycles. The van der Waals surface area contributed by atoms with Gasteiger partial charge in [-0.1, -0.05) is 22.0 Å². The van der Waals surface area contributed by atoms with Crippen molar-refractivity contribution in [2.24, 2.45) is 5.92 Å². The van der Waals surface area contributed by atoms with Gasteiger partial charge in [-0.2, -0.15) is 0 Å². The molecule has 2 aromatic heterocycles. The minimum Gasteiger partial charge on any atom is -0.392 e. The lowest BCUT2D eigenvalue weighted by atomic mass is 10.0. The van der Waals surface area contributed by atoms with Gasteiger partial charge in [0.25, 0.3) is 5.91 Å². The fourth-order valence-electron chi connectivity index (χ4n) is 4.28. The molecule has 0 unspecified atom stereocenters. The third-order valence-corrected chi connectivity index (χ3v) is 7.62. The van der Waals surface area contributed by atoms with Gasteiger partial charge in [-0.15, -0.1) is 11.3 Å². The fraction of sp³-hybridized carbons (Fsp3) is 0.269. The van der Waals surface area contributed by atoms with Crippen LogP contribution in [0, 0.1) is 12.8 Å². The first kappa shape index (κ1) is 23.0. The molecule has 5 rings (SSSR count). The molecule has 1 aliphatic carbocycles. The smallest absolute Gasteiger partial charge is 0.262 e. The molecule has 34 heavy (non-hydrogen) atoms. The molecule has 2 aromatic carbocycles. The van der Waals surface area contributed by atoms with Gasteiger partial charge in [0.2, 0.25) is 5.91 Å². The second kappa shape index (κ2) is 9.44. The maximum atomic E-state index is 13.6. The van der Waals surface area contributed by atoms with Crippen molar-refractivity contribution < 1.29 is 14.7 Å². The van der Waals surface area contributed by atoms with Gasteiger partial charge in [-0.05, 0) is 73.2 Å². The van der Waals surface area contributed by atoms with Crippen LogP contribution in [0.4, 0.5) is 5.13 Å². The summed E-state index contributed by atoms with van der Waals surface area (Å²) in [6, 6.07) is 12.8. The highest BCUT2D eigenvalue weighted by Gasteiger charge is 2.30. The van der Waals surface area contributed by atoms with Crippen LogP contribution in [0.5, 0.6) is 0 Å². The number of benzene rings is 2. The molecule has 0 bridgehead atoms. The number of nitrogens with zero attached hydrogens (tertiary/aromatic N) is 3. The predicted octanol–water partition coefficient (Wildman–Crippen LogP) is 5.34. The van der Waals surface area contributed by atoms with Gasteiger partial charge in [0.05, 0.1) is 18.5 Å². The Morgan fingerprint density at radius 2 is 1.97 bits per heavy atom. The third-order valence-electron chi connectivity index (χ3n) is 6.29. The lowest BCUT2D eigenvalue weighted by Crippen LogP contribution is -2.34. The number of carbonyl (C=O) groups is 2. The Morgan fingerprint density at radius 3 is 2.62 bits per heavy atom. The van der Waals surface area contributed by atoms with Crippen LogP contribution in [0.2, 0.25) is 0 Å². The number of aliphatic hydroxyl groups is 1. The number of amides is 1. The topological polar surface area (TPSA) is 75.4 Å². The van der Waals surface area contributed by atoms with E-state index in [2.05, 4.69) is 20.9 Å². The number of fused-ring (bicyclic) bond motifs is 1. The Kier molecular flexibility index (Phi) is 6.38. The number of aliphatic hydroxyl groups excluding tert-OH is 1. The molecule has 8 heteroatoms. The van der Waals surface area contributed by atoms with Crippen LogP contribution in [0.25, 0.3) is 10.9 Å². The summed E-state index contributed by atoms with van der Waals surface area (Å²) in [5, 5.41) is 13.1. The largest absolute Gasteiger partial charge is 0.392 e. The van der Waals surface area contributed by atoms with Gasteiger partial charge in [-0.25, -0.2) is 4.98 Å². The Balaban J connectivity index is 1.57. The van der Waals surface area contributed by atoms with Crippen molar-refractivity contribution in [1.29, 1.82) is 0 Å². The minimum atomic E-state index is -0.153. The highest BCUT2D eigenvalue weighted by Crippen LogP contribution is 2.34. The average molecular weight is 538 g/mol. The molecule has 6 nitrogen and oxygen atoms in total. The van der Waals surface area contributed by atoms with Crippen LogP contribution >= 0.6 is 27.3 Å². The minimum absolute atomic E-state index is 0.0329. The third kappa shape index (κ3) is 4.45. The van der Waals surface area contributed by atoms with Gasteiger partial charge in [-0.3, -0.25) is 19.1 Å². The van der Waals surface area contributed by atoms with E-state index in [1.54, 1.807) is 27.8 Å². The van der Waals surface area contributed by atoms with Crippen molar-refractivity contribution in [2.75, 3.05) is 11.4 Å². The summed E-state index contributed by atoms with van der Waals surface area (Å²) >= 11 is 4.87. The Hall–Kier alpha value is -2.81. The van der Waals surface area contributed by atoms with Crippen molar-refractivity contribution in [3.63, 3.8) is 0 Å². The van der Waals surface area contributed by atoms with E-state index < -0.39 is 0 Å². The van der Waals surface area contributed by atoms with Crippen LogP contribution in [0.15, 0.2) is 58.5 Å². The number of carbonyl (C=O) groups excluding carboxylic acids is 2. The number of anilines is 1. The van der Waals surface area contributed by atoms with Crippen LogP contribution in [0.1, 0.15) is 40.0 Å². The Morgan fingerprint density at radius 1 is 1.21 bits per heavy atom. The first-order valence-electron chi connectivity index (χ1n) is 11.2. The average Bonchev–Trinajstić information content (AvgIpc) is 3.42. The standard InChI is InChI=1S/C26H24BrN3O3S/c1-16-21(13-24(32)29(14-17-2-3-17)26-28-10-11-34-26)22-12-18(15-31)4-9-23(22)30(16)25(33)19-5-7-20(27)8-6-19/h4-12,17,31H,2-3,13-15H2,1H3. The molecule has 1 amide bonds. The fourth-order valence-corrected chi connectivity index (χ4v) is 5.21. The monoisotopic (exact) mass is 537 g/mol. The van der Waals surface area contributed by atoms with Gasteiger partial charge >= 0.3 is 0 Å². The first-order valence-corrected chi connectivity index (χ1v) is 12.9. The lowest BCUT2D eigenvalue weighted by molar-refractivity contribution is -0.118. The van der Waals surface area contributed by atoms with Crippen molar-refractivity contribution in [3.05, 3.63) is 80.9 Å². The Bertz CT molecular complexity index is 1360. The second-order valence-electron chi connectivity index (χ2n) is 8.66. The molecule has 0 aliphatic heterocycles. The van der Waals surface area contributed by atoms with Crippen molar-refractivity contribution in [2.45, 2.75) is 32.8 Å². The molecule has 4 aromatic rings. The summed E-state index contributed by atoms with van der Waals surface area (Å²) < 4.78 is 2.58. The zero-order chi connectivity index (χ0) is 23.8. The maximum absolute atomic E-state index is 13.6. The summed E-state index contributed by atoms with van der Waals surface area (Å²) in [6.45, 7) is 2.44. The van der Waals surface area contributed by atoms with E-state index in [-0.39, 0.29) is 24.8 Å². The van der Waals surface area contributed by atoms with Crippen molar-refractivity contribution >= 4 is 55.1 Å². The quantitative estimate of drug-likeness (QED) is 0.345. The summed E-state index contributed by atoms with van der Waals surface area (Å²) in [4.78, 5) is 33.2. The zero-order valence-corrected chi connectivity index (χ0v) is 21.1. The molecule has 1 fully saturated rings. The summed E-state index contributed by atoms with van der Waals surface area (Å²) in [6.07, 6.45) is 4.14. The number of halogens is 1. The SMILES string of the molecule is Cc1c(CC(=O)N(CC2CC2)c2nccs2)c2cc(CO)ccc2n1C(=O)c1ccc(Br)cc1. The van der Waals surface area contributed by atoms with Crippen LogP contribution < -0.4 is 4.90 Å². The van der Waals surface area contributed by atoms with Crippen molar-refractivity contribution in [1.82, 2.24) is 9.55 Å². The van der Waals surface area contributed by atoms with Gasteiger partial charge in [0.15, 0.2) is 5.13 Å². The molecule has 0 atom stereocenters. The molecule has 1 N–H and O–H groups in total. The molecule has 1 aliphatic rings. The molecule has 1 saturated carbocycles. The molecule has 0 spiro atoms. The highest BCUT2D eigenvalue weighted by atomic mass is 79.9. The van der Waals surface area contributed by atoms with E-state index in [1.807, 2.05) is 42.6 Å². The zero-order valence-electron chi connectivity index (χ0n) is 18.7. The molecular weight excluding hydrogens is 514 g/mol. The highest BCUT2D eigenvalue weighted by molar-refractivity contribution is 9.10. The van der Waals surface area contributed by atoms with Gasteiger partial charge < -0.3 is 5.11 Å². The molecule has 174 valence electrons. The Labute approximate surface area is 210 Å². The summed E-state index contributed by atoms with van der Waals surface area (Å²) in [5.74, 6) is 0.338. The maximum Gasteiger partial charge on any atom is 0.262 e. The summed E-state index contributed by atoms with van der Waals surface area (Å²) in [7, 11) is 0. The van der Waals surface area contributed by atoms with Crippen LogP contribution in [-0.4, -0.2) is 33.0 Å². The number of hydrogen-bond donors (Lipinski definition) is 1. The van der Waals surface area contributed by atoms with Gasteiger partial charge in [0, 0.05) is 39.2 Å². The summed E-state index contributed by atoms with van der Waals surface area (Å²) in [5.41, 5.74) is 3.57. The predicted molar refractivity (Wildman–Crippen MR) is 137 cm³/mol. The van der Waals surface area contributed by atoms with E-state index in [0.717, 1.165) is 45.0 Å². The van der Waals surface area contributed by atoms with E-state index in [0.29, 0.717) is 23.2 Å². The lowest BCUT2D eigenvalue weighted by Gasteiger charge is -2.20. The number of aromatic nitrogens is 2. The second-order valence-corrected chi connectivity index (χ2v) is 10.4. The van der Waals surface area contributed by atoms with E-state index in [1.165, 1.54) is 11.3 Å². The molecular formula is C26H24BrN3O3S. The number of thiazole rings is 1. The van der Waals surface area contributed by atoms with E-state index >= 15 is 0 Å². The van der Waals surface area contributed by atoms with E-state index in [9.17, 15) is 14.7 Å². The number of hydrogen-bond acceptors (Lipinski definition) is 5. The van der Waals surface area contributed by atoms with Crippen molar-refractivity contribution in [3.8, 4) is 0 Å². The number of rotatable bonds is 7. The van der Waals surface area contributed by atoms with Crippen LogP contribution in [-0.2, 0) is 17.8 Å². The first-order chi connectivity index (χ1) is 16.5. The molecule has 0 radical (unpaired) electrons.